The molecule has 0 spiro atoms. The van der Waals surface area contributed by atoms with Gasteiger partial charge in [0.15, 0.2) is 0 Å². The van der Waals surface area contributed by atoms with Crippen LogP contribution in [0.5, 0.6) is 0 Å². The van der Waals surface area contributed by atoms with Crippen molar-refractivity contribution in [3.05, 3.63) is 0 Å². The number of hydrogen-bond acceptors (Lipinski definition) is 6. The highest BCUT2D eigenvalue weighted by Crippen LogP contribution is 2.07. The van der Waals surface area contributed by atoms with Crippen LogP contribution in [0.4, 0.5) is 0 Å². The van der Waals surface area contributed by atoms with Crippen LogP contribution in [0, 0.1) is 5.92 Å². The molecule has 0 saturated heterocycles. The summed E-state index contributed by atoms with van der Waals surface area (Å²) in [6, 6.07) is -3.29. The van der Waals surface area contributed by atoms with Gasteiger partial charge in [0.2, 0.25) is 23.6 Å². The summed E-state index contributed by atoms with van der Waals surface area (Å²) in [6.45, 7) is 4.32. The number of aliphatic carboxylic acids is 1. The number of amides is 4. The van der Waals surface area contributed by atoms with E-state index in [2.05, 4.69) is 16.0 Å². The minimum Gasteiger partial charge on any atom is -0.480 e. The lowest BCUT2D eigenvalue weighted by atomic mass is 9.99. The number of carboxylic acid groups (broad SMARTS) is 1. The zero-order valence-electron chi connectivity index (χ0n) is 15.1. The van der Waals surface area contributed by atoms with Crippen molar-refractivity contribution in [3.63, 3.8) is 0 Å². The highest BCUT2D eigenvalue weighted by molar-refractivity contribution is 5.94. The molecular formula is C15H27N5O6. The number of carbonyl (C=O) groups excluding carboxylic acids is 4. The fourth-order valence-corrected chi connectivity index (χ4v) is 1.91. The normalized spacial score (nSPS) is 15.1. The van der Waals surface area contributed by atoms with Crippen LogP contribution in [-0.2, 0) is 24.0 Å². The topological polar surface area (TPSA) is 194 Å². The summed E-state index contributed by atoms with van der Waals surface area (Å²) in [4.78, 5) is 57.8. The van der Waals surface area contributed by atoms with Gasteiger partial charge in [-0.1, -0.05) is 20.3 Å². The van der Waals surface area contributed by atoms with Gasteiger partial charge in [-0.15, -0.1) is 0 Å². The van der Waals surface area contributed by atoms with Gasteiger partial charge >= 0.3 is 5.97 Å². The van der Waals surface area contributed by atoms with Crippen molar-refractivity contribution >= 4 is 29.6 Å². The number of rotatable bonds is 11. The van der Waals surface area contributed by atoms with Gasteiger partial charge < -0.3 is 32.5 Å². The first-order chi connectivity index (χ1) is 12.0. The van der Waals surface area contributed by atoms with Gasteiger partial charge in [-0.05, 0) is 12.8 Å². The average Bonchev–Trinajstić information content (AvgIpc) is 2.55. The molecule has 8 N–H and O–H groups in total. The van der Waals surface area contributed by atoms with Gasteiger partial charge in [0.05, 0.1) is 19.0 Å². The van der Waals surface area contributed by atoms with E-state index in [4.69, 9.17) is 16.6 Å². The van der Waals surface area contributed by atoms with Crippen LogP contribution in [0.15, 0.2) is 0 Å². The Hall–Kier alpha value is -2.69. The van der Waals surface area contributed by atoms with E-state index in [-0.39, 0.29) is 5.92 Å². The summed E-state index contributed by atoms with van der Waals surface area (Å²) in [6.07, 6.45) is 0.0597. The summed E-state index contributed by atoms with van der Waals surface area (Å²) in [5, 5.41) is 15.9. The molecule has 148 valence electrons. The highest BCUT2D eigenvalue weighted by Gasteiger charge is 2.27. The molecule has 0 aromatic carbocycles. The molecule has 26 heavy (non-hydrogen) atoms. The summed E-state index contributed by atoms with van der Waals surface area (Å²) in [7, 11) is 0. The molecule has 0 fully saturated rings. The Labute approximate surface area is 151 Å². The zero-order valence-corrected chi connectivity index (χ0v) is 15.1. The van der Waals surface area contributed by atoms with Crippen LogP contribution in [0.3, 0.4) is 0 Å². The van der Waals surface area contributed by atoms with Gasteiger partial charge in [-0.25, -0.2) is 4.79 Å². The van der Waals surface area contributed by atoms with Gasteiger partial charge in [0.1, 0.15) is 12.1 Å². The standard InChI is InChI=1S/C15H27N5O6/c1-4-7(2)12(15(25)26)20-11(22)6-18-14(24)9(5-10(17)21)19-13(23)8(3)16/h7-9,12H,4-6,16H2,1-3H3,(H2,17,21)(H,18,24)(H,19,23)(H,20,22)(H,25,26). The SMILES string of the molecule is CCC(C)C(NC(=O)CNC(=O)C(CC(N)=O)NC(=O)C(C)N)C(=O)O. The lowest BCUT2D eigenvalue weighted by Crippen LogP contribution is -2.54. The fraction of sp³-hybridized carbons (Fsp3) is 0.667. The minimum atomic E-state index is -1.29. The minimum absolute atomic E-state index is 0.305. The number of carbonyl (C=O) groups is 5. The number of hydrogen-bond donors (Lipinski definition) is 6. The maximum atomic E-state index is 12.1. The van der Waals surface area contributed by atoms with Crippen molar-refractivity contribution in [1.29, 1.82) is 0 Å². The van der Waals surface area contributed by atoms with E-state index in [1.165, 1.54) is 6.92 Å². The van der Waals surface area contributed by atoms with E-state index < -0.39 is 60.7 Å². The largest absolute Gasteiger partial charge is 0.480 e. The van der Waals surface area contributed by atoms with Crippen molar-refractivity contribution in [2.75, 3.05) is 6.54 Å². The molecule has 4 atom stereocenters. The molecule has 4 amide bonds. The van der Waals surface area contributed by atoms with E-state index in [9.17, 15) is 24.0 Å². The molecule has 0 aliphatic heterocycles. The van der Waals surface area contributed by atoms with Crippen molar-refractivity contribution in [1.82, 2.24) is 16.0 Å². The predicted molar refractivity (Wildman–Crippen MR) is 91.4 cm³/mol. The third kappa shape index (κ3) is 8.42. The van der Waals surface area contributed by atoms with Crippen LogP contribution in [0.2, 0.25) is 0 Å². The van der Waals surface area contributed by atoms with E-state index in [0.717, 1.165) is 0 Å². The first-order valence-corrected chi connectivity index (χ1v) is 8.13. The molecule has 0 saturated carbocycles. The second-order valence-corrected chi connectivity index (χ2v) is 6.01. The third-order valence-corrected chi connectivity index (χ3v) is 3.67. The van der Waals surface area contributed by atoms with E-state index in [1.807, 2.05) is 0 Å². The Balaban J connectivity index is 4.78. The van der Waals surface area contributed by atoms with Crippen molar-refractivity contribution in [3.8, 4) is 0 Å². The van der Waals surface area contributed by atoms with Crippen LogP contribution >= 0.6 is 0 Å². The molecule has 0 aliphatic rings. The Morgan fingerprint density at radius 3 is 2.04 bits per heavy atom. The second kappa shape index (κ2) is 11.0. The Bertz CT molecular complexity index is 551. The predicted octanol–water partition coefficient (Wildman–Crippen LogP) is -2.57. The molecule has 4 unspecified atom stereocenters. The summed E-state index contributed by atoms with van der Waals surface area (Å²) >= 11 is 0. The number of nitrogens with two attached hydrogens (primary N) is 2. The average molecular weight is 373 g/mol. The number of carboxylic acids is 1. The van der Waals surface area contributed by atoms with E-state index >= 15 is 0 Å². The highest BCUT2D eigenvalue weighted by atomic mass is 16.4. The quantitative estimate of drug-likeness (QED) is 0.229. The maximum absolute atomic E-state index is 12.1. The molecular weight excluding hydrogens is 346 g/mol. The summed E-state index contributed by atoms with van der Waals surface area (Å²) in [5.41, 5.74) is 10.4. The molecule has 11 heteroatoms. The molecule has 0 aromatic heterocycles. The molecule has 0 bridgehead atoms. The number of nitrogens with one attached hydrogen (secondary N) is 3. The first-order valence-electron chi connectivity index (χ1n) is 8.13. The first kappa shape index (κ1) is 23.3. The van der Waals surface area contributed by atoms with Gasteiger partial charge in [-0.2, -0.15) is 0 Å². The van der Waals surface area contributed by atoms with Crippen molar-refractivity contribution in [2.24, 2.45) is 17.4 Å². The summed E-state index contributed by atoms with van der Waals surface area (Å²) in [5.74, 6) is -4.53. The zero-order chi connectivity index (χ0) is 20.4. The maximum Gasteiger partial charge on any atom is 0.326 e. The van der Waals surface area contributed by atoms with Gasteiger partial charge in [0, 0.05) is 0 Å². The van der Waals surface area contributed by atoms with E-state index in [0.29, 0.717) is 6.42 Å². The molecule has 11 nitrogen and oxygen atoms in total. The molecule has 0 heterocycles. The van der Waals surface area contributed by atoms with Crippen LogP contribution < -0.4 is 27.4 Å². The molecule has 0 rings (SSSR count). The molecule has 0 radical (unpaired) electrons. The Kier molecular flexibility index (Phi) is 9.89. The summed E-state index contributed by atoms with van der Waals surface area (Å²) < 4.78 is 0. The monoisotopic (exact) mass is 373 g/mol. The fourth-order valence-electron chi connectivity index (χ4n) is 1.91. The number of primary amides is 1. The van der Waals surface area contributed by atoms with Crippen molar-refractivity contribution in [2.45, 2.75) is 51.7 Å². The Morgan fingerprint density at radius 1 is 1.04 bits per heavy atom. The van der Waals surface area contributed by atoms with Crippen molar-refractivity contribution < 1.29 is 29.1 Å². The van der Waals surface area contributed by atoms with Crippen LogP contribution in [-0.4, -0.2) is 59.4 Å². The lowest BCUT2D eigenvalue weighted by Gasteiger charge is -2.21. The smallest absolute Gasteiger partial charge is 0.326 e. The van der Waals surface area contributed by atoms with Crippen LogP contribution in [0.25, 0.3) is 0 Å². The third-order valence-electron chi connectivity index (χ3n) is 3.67. The van der Waals surface area contributed by atoms with Gasteiger partial charge in [-0.3, -0.25) is 19.2 Å². The van der Waals surface area contributed by atoms with E-state index in [1.54, 1.807) is 13.8 Å². The lowest BCUT2D eigenvalue weighted by molar-refractivity contribution is -0.143. The Morgan fingerprint density at radius 2 is 1.62 bits per heavy atom. The second-order valence-electron chi connectivity index (χ2n) is 6.01. The van der Waals surface area contributed by atoms with Gasteiger partial charge in [0.25, 0.3) is 0 Å². The molecule has 0 aromatic rings. The van der Waals surface area contributed by atoms with Crippen LogP contribution in [0.1, 0.15) is 33.6 Å². The molecule has 0 aliphatic carbocycles.